The van der Waals surface area contributed by atoms with Crippen molar-refractivity contribution in [2.45, 2.75) is 18.9 Å². The fourth-order valence-electron chi connectivity index (χ4n) is 1.19. The first-order chi connectivity index (χ1) is 5.27. The van der Waals surface area contributed by atoms with Gasteiger partial charge in [-0.1, -0.05) is 0 Å². The molecule has 60 valence electrons. The van der Waals surface area contributed by atoms with Gasteiger partial charge in [0.15, 0.2) is 0 Å². The molecule has 11 heavy (non-hydrogen) atoms. The highest BCUT2D eigenvalue weighted by Gasteiger charge is 2.30. The lowest BCUT2D eigenvalue weighted by atomic mass is 10.2. The van der Waals surface area contributed by atoms with Crippen LogP contribution >= 0.6 is 27.3 Å². The van der Waals surface area contributed by atoms with Gasteiger partial charge < -0.3 is 5.73 Å². The summed E-state index contributed by atoms with van der Waals surface area (Å²) in [7, 11) is 0. The minimum Gasteiger partial charge on any atom is -0.323 e. The zero-order valence-corrected chi connectivity index (χ0v) is 8.49. The zero-order valence-electron chi connectivity index (χ0n) is 6.09. The van der Waals surface area contributed by atoms with E-state index in [1.165, 1.54) is 17.7 Å². The van der Waals surface area contributed by atoms with E-state index in [1.54, 1.807) is 11.3 Å². The van der Waals surface area contributed by atoms with Crippen LogP contribution < -0.4 is 5.73 Å². The van der Waals surface area contributed by atoms with E-state index >= 15 is 0 Å². The minimum atomic E-state index is 0.297. The third kappa shape index (κ3) is 1.66. The van der Waals surface area contributed by atoms with Gasteiger partial charge in [0, 0.05) is 20.8 Å². The van der Waals surface area contributed by atoms with Gasteiger partial charge >= 0.3 is 0 Å². The van der Waals surface area contributed by atoms with Gasteiger partial charge in [-0.2, -0.15) is 0 Å². The monoisotopic (exact) mass is 231 g/mol. The molecule has 1 saturated carbocycles. The molecule has 1 heterocycles. The highest BCUT2D eigenvalue weighted by Crippen LogP contribution is 2.41. The molecular formula is C8H10BrNS. The lowest BCUT2D eigenvalue weighted by Crippen LogP contribution is -2.10. The fourth-order valence-corrected chi connectivity index (χ4v) is 2.73. The minimum absolute atomic E-state index is 0.297. The van der Waals surface area contributed by atoms with Gasteiger partial charge in [0.05, 0.1) is 0 Å². The maximum absolute atomic E-state index is 6.00. The Morgan fingerprint density at radius 1 is 1.64 bits per heavy atom. The van der Waals surface area contributed by atoms with Crippen LogP contribution in [0.5, 0.6) is 0 Å². The second-order valence-corrected chi connectivity index (χ2v) is 4.89. The molecule has 1 fully saturated rings. The summed E-state index contributed by atoms with van der Waals surface area (Å²) in [6.45, 7) is 0. The lowest BCUT2D eigenvalue weighted by Gasteiger charge is -2.05. The number of rotatable bonds is 2. The van der Waals surface area contributed by atoms with Crippen LogP contribution in [0.1, 0.15) is 23.8 Å². The predicted octanol–water partition coefficient (Wildman–Crippen LogP) is 2.92. The fraction of sp³-hybridized carbons (Fsp3) is 0.500. The highest BCUT2D eigenvalue weighted by molar-refractivity contribution is 9.10. The average molecular weight is 232 g/mol. The Bertz CT molecular complexity index is 254. The molecule has 0 saturated heterocycles. The summed E-state index contributed by atoms with van der Waals surface area (Å²) in [5.41, 5.74) is 6.00. The summed E-state index contributed by atoms with van der Waals surface area (Å²) >= 11 is 5.18. The summed E-state index contributed by atoms with van der Waals surface area (Å²) in [5, 5.41) is 2.09. The Kier molecular flexibility index (Phi) is 2.04. The van der Waals surface area contributed by atoms with Crippen molar-refractivity contribution in [3.63, 3.8) is 0 Å². The number of nitrogens with two attached hydrogens (primary N) is 1. The van der Waals surface area contributed by atoms with Crippen LogP contribution in [-0.2, 0) is 0 Å². The molecule has 0 aliphatic heterocycles. The molecule has 0 bridgehead atoms. The second kappa shape index (κ2) is 2.88. The Hall–Kier alpha value is 0.140. The number of hydrogen-bond acceptors (Lipinski definition) is 2. The summed E-state index contributed by atoms with van der Waals surface area (Å²) in [6, 6.07) is 2.43. The number of hydrogen-bond donors (Lipinski definition) is 1. The number of thiophene rings is 1. The van der Waals surface area contributed by atoms with Crippen molar-refractivity contribution in [2.24, 2.45) is 11.7 Å². The first-order valence-corrected chi connectivity index (χ1v) is 5.44. The van der Waals surface area contributed by atoms with E-state index in [0.29, 0.717) is 6.04 Å². The van der Waals surface area contributed by atoms with E-state index in [2.05, 4.69) is 27.4 Å². The molecule has 1 atom stereocenters. The Balaban J connectivity index is 2.14. The standard InChI is InChI=1S/C8H10BrNS/c9-6-3-7(11-4-6)8(10)5-1-2-5/h3-5,8H,1-2,10H2. The smallest absolute Gasteiger partial charge is 0.0418 e. The first-order valence-electron chi connectivity index (χ1n) is 3.77. The Labute approximate surface area is 78.7 Å². The van der Waals surface area contributed by atoms with E-state index in [-0.39, 0.29) is 0 Å². The molecule has 1 aromatic heterocycles. The van der Waals surface area contributed by atoms with Crippen LogP contribution in [0, 0.1) is 5.92 Å². The van der Waals surface area contributed by atoms with Gasteiger partial charge in [0.25, 0.3) is 0 Å². The molecule has 2 N–H and O–H groups in total. The van der Waals surface area contributed by atoms with E-state index in [9.17, 15) is 0 Å². The maximum atomic E-state index is 6.00. The predicted molar refractivity (Wildman–Crippen MR) is 51.7 cm³/mol. The van der Waals surface area contributed by atoms with Crippen molar-refractivity contribution >= 4 is 27.3 Å². The normalized spacial score (nSPS) is 20.2. The van der Waals surface area contributed by atoms with E-state index < -0.39 is 0 Å². The second-order valence-electron chi connectivity index (χ2n) is 3.03. The summed E-state index contributed by atoms with van der Waals surface area (Å²) < 4.78 is 1.16. The van der Waals surface area contributed by atoms with Crippen LogP contribution in [0.15, 0.2) is 15.9 Å². The SMILES string of the molecule is NC(c1cc(Br)cs1)C1CC1. The molecule has 1 unspecified atom stereocenters. The molecule has 1 aliphatic carbocycles. The van der Waals surface area contributed by atoms with Crippen LogP contribution in [0.2, 0.25) is 0 Å². The highest BCUT2D eigenvalue weighted by atomic mass is 79.9. The van der Waals surface area contributed by atoms with E-state index in [1.807, 2.05) is 0 Å². The molecule has 1 nitrogen and oxygen atoms in total. The van der Waals surface area contributed by atoms with Gasteiger partial charge in [-0.05, 0) is 40.8 Å². The lowest BCUT2D eigenvalue weighted by molar-refractivity contribution is 0.644. The van der Waals surface area contributed by atoms with Crippen LogP contribution in [0.4, 0.5) is 0 Å². The average Bonchev–Trinajstić information content (AvgIpc) is 2.74. The third-order valence-corrected chi connectivity index (χ3v) is 3.84. The van der Waals surface area contributed by atoms with Gasteiger partial charge in [-0.3, -0.25) is 0 Å². The topological polar surface area (TPSA) is 26.0 Å². The molecule has 0 aromatic carbocycles. The maximum Gasteiger partial charge on any atom is 0.0418 e. The molecule has 3 heteroatoms. The first kappa shape index (κ1) is 7.77. The molecule has 0 spiro atoms. The van der Waals surface area contributed by atoms with Crippen LogP contribution in [0.3, 0.4) is 0 Å². The van der Waals surface area contributed by atoms with Gasteiger partial charge in [-0.25, -0.2) is 0 Å². The van der Waals surface area contributed by atoms with E-state index in [0.717, 1.165) is 10.4 Å². The van der Waals surface area contributed by atoms with Crippen molar-refractivity contribution in [3.8, 4) is 0 Å². The van der Waals surface area contributed by atoms with Crippen molar-refractivity contribution in [1.82, 2.24) is 0 Å². The Morgan fingerprint density at radius 2 is 2.36 bits per heavy atom. The van der Waals surface area contributed by atoms with Gasteiger partial charge in [0.2, 0.25) is 0 Å². The quantitative estimate of drug-likeness (QED) is 0.833. The van der Waals surface area contributed by atoms with Gasteiger partial charge in [0.1, 0.15) is 0 Å². The van der Waals surface area contributed by atoms with Crippen molar-refractivity contribution in [1.29, 1.82) is 0 Å². The molecule has 0 amide bonds. The van der Waals surface area contributed by atoms with Crippen molar-refractivity contribution < 1.29 is 0 Å². The molecule has 1 aromatic rings. The molecule has 2 rings (SSSR count). The molecule has 1 aliphatic rings. The van der Waals surface area contributed by atoms with Crippen LogP contribution in [-0.4, -0.2) is 0 Å². The van der Waals surface area contributed by atoms with E-state index in [4.69, 9.17) is 5.73 Å². The van der Waals surface area contributed by atoms with Gasteiger partial charge in [-0.15, -0.1) is 11.3 Å². The summed E-state index contributed by atoms with van der Waals surface area (Å²) in [4.78, 5) is 1.32. The van der Waals surface area contributed by atoms with Crippen molar-refractivity contribution in [3.05, 3.63) is 20.8 Å². The largest absolute Gasteiger partial charge is 0.323 e. The summed E-state index contributed by atoms with van der Waals surface area (Å²) in [6.07, 6.45) is 2.63. The zero-order chi connectivity index (χ0) is 7.84. The van der Waals surface area contributed by atoms with Crippen molar-refractivity contribution in [2.75, 3.05) is 0 Å². The third-order valence-electron chi connectivity index (χ3n) is 2.05. The summed E-state index contributed by atoms with van der Waals surface area (Å²) in [5.74, 6) is 0.764. The van der Waals surface area contributed by atoms with Crippen LogP contribution in [0.25, 0.3) is 0 Å². The molecular weight excluding hydrogens is 222 g/mol. The molecule has 0 radical (unpaired) electrons. The number of halogens is 1. The Morgan fingerprint density at radius 3 is 2.82 bits per heavy atom.